The molecule has 1 heterocycles. The van der Waals surface area contributed by atoms with E-state index in [1.165, 1.54) is 11.1 Å². The van der Waals surface area contributed by atoms with Crippen LogP contribution in [0.25, 0.3) is 0 Å². The second-order valence-electron chi connectivity index (χ2n) is 5.53. The molecule has 1 atom stereocenters. The number of halogens is 2. The summed E-state index contributed by atoms with van der Waals surface area (Å²) in [5, 5.41) is 4.30. The fourth-order valence-electron chi connectivity index (χ4n) is 2.27. The van der Waals surface area contributed by atoms with E-state index in [0.717, 1.165) is 22.5 Å². The standard InChI is InChI=1S/C17H20BrClN2/c1-12(2)21-10-15(14-3-5-17(19)6-4-14)7-13-8-16(18)11-20-9-13/h3-6,8-9,11-12,15,21H,7,10H2,1-2H3. The lowest BCUT2D eigenvalue weighted by Crippen LogP contribution is -2.29. The highest BCUT2D eigenvalue weighted by Crippen LogP contribution is 2.23. The summed E-state index contributed by atoms with van der Waals surface area (Å²) in [5.41, 5.74) is 2.53. The highest BCUT2D eigenvalue weighted by Gasteiger charge is 2.13. The lowest BCUT2D eigenvalue weighted by atomic mass is 9.92. The third kappa shape index (κ3) is 5.42. The van der Waals surface area contributed by atoms with Crippen molar-refractivity contribution in [2.45, 2.75) is 32.2 Å². The van der Waals surface area contributed by atoms with Gasteiger partial charge in [-0.1, -0.05) is 37.6 Å². The number of nitrogens with one attached hydrogen (secondary N) is 1. The van der Waals surface area contributed by atoms with Crippen LogP contribution in [0.5, 0.6) is 0 Å². The van der Waals surface area contributed by atoms with Gasteiger partial charge in [0.05, 0.1) is 0 Å². The second kappa shape index (κ2) is 7.92. The number of hydrogen-bond donors (Lipinski definition) is 1. The summed E-state index contributed by atoms with van der Waals surface area (Å²) >= 11 is 9.48. The molecule has 1 unspecified atom stereocenters. The molecule has 0 fully saturated rings. The zero-order chi connectivity index (χ0) is 15.2. The summed E-state index contributed by atoms with van der Waals surface area (Å²) in [6.07, 6.45) is 4.70. The van der Waals surface area contributed by atoms with Gasteiger partial charge in [-0.2, -0.15) is 0 Å². The summed E-state index contributed by atoms with van der Waals surface area (Å²) in [5.74, 6) is 0.403. The van der Waals surface area contributed by atoms with E-state index in [1.54, 1.807) is 0 Å². The molecule has 0 aliphatic carbocycles. The molecule has 0 bridgehead atoms. The number of hydrogen-bond acceptors (Lipinski definition) is 2. The minimum atomic E-state index is 0.403. The van der Waals surface area contributed by atoms with Crippen LogP contribution in [0.2, 0.25) is 5.02 Å². The molecular weight excluding hydrogens is 348 g/mol. The number of benzene rings is 1. The Morgan fingerprint density at radius 2 is 1.90 bits per heavy atom. The zero-order valence-electron chi connectivity index (χ0n) is 12.3. The number of nitrogens with zero attached hydrogens (tertiary/aromatic N) is 1. The molecule has 1 N–H and O–H groups in total. The van der Waals surface area contributed by atoms with E-state index >= 15 is 0 Å². The van der Waals surface area contributed by atoms with E-state index in [1.807, 2.05) is 24.5 Å². The first-order valence-electron chi connectivity index (χ1n) is 7.13. The van der Waals surface area contributed by atoms with Crippen LogP contribution in [0.3, 0.4) is 0 Å². The normalized spacial score (nSPS) is 12.6. The molecule has 112 valence electrons. The monoisotopic (exact) mass is 366 g/mol. The molecule has 1 aromatic heterocycles. The van der Waals surface area contributed by atoms with Crippen molar-refractivity contribution in [1.29, 1.82) is 0 Å². The lowest BCUT2D eigenvalue weighted by molar-refractivity contribution is 0.526. The van der Waals surface area contributed by atoms with Crippen LogP contribution in [0.4, 0.5) is 0 Å². The van der Waals surface area contributed by atoms with Crippen molar-refractivity contribution < 1.29 is 0 Å². The van der Waals surface area contributed by atoms with Crippen LogP contribution in [0, 0.1) is 0 Å². The molecule has 2 nitrogen and oxygen atoms in total. The van der Waals surface area contributed by atoms with E-state index in [4.69, 9.17) is 11.6 Å². The molecular formula is C17H20BrClN2. The Morgan fingerprint density at radius 1 is 1.19 bits per heavy atom. The third-order valence-electron chi connectivity index (χ3n) is 3.36. The van der Waals surface area contributed by atoms with Crippen molar-refractivity contribution in [2.75, 3.05) is 6.54 Å². The number of pyridine rings is 1. The Labute approximate surface area is 140 Å². The molecule has 0 saturated carbocycles. The largest absolute Gasteiger partial charge is 0.314 e. The minimum absolute atomic E-state index is 0.403. The highest BCUT2D eigenvalue weighted by atomic mass is 79.9. The van der Waals surface area contributed by atoms with Gasteiger partial charge >= 0.3 is 0 Å². The maximum Gasteiger partial charge on any atom is 0.0410 e. The van der Waals surface area contributed by atoms with Crippen molar-refractivity contribution in [1.82, 2.24) is 10.3 Å². The van der Waals surface area contributed by atoms with Crippen LogP contribution in [0.1, 0.15) is 30.9 Å². The van der Waals surface area contributed by atoms with Gasteiger partial charge < -0.3 is 5.32 Å². The van der Waals surface area contributed by atoms with Crippen molar-refractivity contribution in [3.63, 3.8) is 0 Å². The maximum absolute atomic E-state index is 5.99. The van der Waals surface area contributed by atoms with E-state index in [9.17, 15) is 0 Å². The maximum atomic E-state index is 5.99. The van der Waals surface area contributed by atoms with E-state index in [-0.39, 0.29) is 0 Å². The van der Waals surface area contributed by atoms with Crippen molar-refractivity contribution in [3.05, 3.63) is 63.3 Å². The Balaban J connectivity index is 2.17. The SMILES string of the molecule is CC(C)NCC(Cc1cncc(Br)c1)c1ccc(Cl)cc1. The van der Waals surface area contributed by atoms with Crippen molar-refractivity contribution >= 4 is 27.5 Å². The summed E-state index contributed by atoms with van der Waals surface area (Å²) in [6.45, 7) is 5.27. The van der Waals surface area contributed by atoms with Crippen LogP contribution >= 0.6 is 27.5 Å². The predicted octanol–water partition coefficient (Wildman–Crippen LogP) is 4.82. The third-order valence-corrected chi connectivity index (χ3v) is 4.04. The molecule has 0 saturated heterocycles. The summed E-state index contributed by atoms with van der Waals surface area (Å²) in [7, 11) is 0. The Morgan fingerprint density at radius 3 is 2.52 bits per heavy atom. The van der Waals surface area contributed by atoms with Crippen LogP contribution < -0.4 is 5.32 Å². The van der Waals surface area contributed by atoms with Crippen LogP contribution in [0.15, 0.2) is 47.2 Å². The fourth-order valence-corrected chi connectivity index (χ4v) is 2.81. The topological polar surface area (TPSA) is 24.9 Å². The van der Waals surface area contributed by atoms with Crippen molar-refractivity contribution in [2.24, 2.45) is 0 Å². The molecule has 0 radical (unpaired) electrons. The second-order valence-corrected chi connectivity index (χ2v) is 6.88. The van der Waals surface area contributed by atoms with Gasteiger partial charge in [-0.3, -0.25) is 4.98 Å². The van der Waals surface area contributed by atoms with Gasteiger partial charge in [-0.25, -0.2) is 0 Å². The minimum Gasteiger partial charge on any atom is -0.314 e. The quantitative estimate of drug-likeness (QED) is 0.791. The highest BCUT2D eigenvalue weighted by molar-refractivity contribution is 9.10. The molecule has 1 aromatic carbocycles. The molecule has 0 aliphatic heterocycles. The van der Waals surface area contributed by atoms with Crippen LogP contribution in [-0.4, -0.2) is 17.6 Å². The summed E-state index contributed by atoms with van der Waals surface area (Å²) < 4.78 is 1.02. The fraction of sp³-hybridized carbons (Fsp3) is 0.353. The van der Waals surface area contributed by atoms with Gasteiger partial charge in [-0.05, 0) is 51.7 Å². The first kappa shape index (κ1) is 16.5. The van der Waals surface area contributed by atoms with Gasteiger partial charge in [0.15, 0.2) is 0 Å². The van der Waals surface area contributed by atoms with Gasteiger partial charge in [0.1, 0.15) is 0 Å². The van der Waals surface area contributed by atoms with Gasteiger partial charge in [0.2, 0.25) is 0 Å². The molecule has 0 spiro atoms. The molecule has 0 aliphatic rings. The van der Waals surface area contributed by atoms with E-state index < -0.39 is 0 Å². The lowest BCUT2D eigenvalue weighted by Gasteiger charge is -2.20. The molecule has 21 heavy (non-hydrogen) atoms. The first-order valence-corrected chi connectivity index (χ1v) is 8.30. The van der Waals surface area contributed by atoms with Gasteiger partial charge in [0, 0.05) is 40.4 Å². The molecule has 4 heteroatoms. The summed E-state index contributed by atoms with van der Waals surface area (Å²) in [6, 6.07) is 10.7. The summed E-state index contributed by atoms with van der Waals surface area (Å²) in [4.78, 5) is 4.25. The molecule has 2 aromatic rings. The van der Waals surface area contributed by atoms with Gasteiger partial charge in [0.25, 0.3) is 0 Å². The Hall–Kier alpha value is -0.900. The van der Waals surface area contributed by atoms with Crippen LogP contribution in [-0.2, 0) is 6.42 Å². The first-order chi connectivity index (χ1) is 10.0. The van der Waals surface area contributed by atoms with E-state index in [2.05, 4.69) is 58.3 Å². The average Bonchev–Trinajstić information content (AvgIpc) is 2.44. The molecule has 0 amide bonds. The number of rotatable bonds is 6. The van der Waals surface area contributed by atoms with Crippen molar-refractivity contribution in [3.8, 4) is 0 Å². The zero-order valence-corrected chi connectivity index (χ0v) is 14.7. The Bertz CT molecular complexity index is 569. The average molecular weight is 368 g/mol. The van der Waals surface area contributed by atoms with E-state index in [0.29, 0.717) is 12.0 Å². The molecule has 2 rings (SSSR count). The number of aromatic nitrogens is 1. The Kier molecular flexibility index (Phi) is 6.22. The predicted molar refractivity (Wildman–Crippen MR) is 93.0 cm³/mol. The smallest absolute Gasteiger partial charge is 0.0410 e. The van der Waals surface area contributed by atoms with Gasteiger partial charge in [-0.15, -0.1) is 0 Å².